The number of amides is 1. The third-order valence-electron chi connectivity index (χ3n) is 4.87. The summed E-state index contributed by atoms with van der Waals surface area (Å²) in [5.74, 6) is 1.62. The van der Waals surface area contributed by atoms with Gasteiger partial charge in [-0.2, -0.15) is 0 Å². The number of ether oxygens (including phenoxy) is 2. The third-order valence-corrected chi connectivity index (χ3v) is 4.87. The molecule has 0 spiro atoms. The van der Waals surface area contributed by atoms with E-state index in [1.54, 1.807) is 12.4 Å². The summed E-state index contributed by atoms with van der Waals surface area (Å²) in [7, 11) is 0. The summed E-state index contributed by atoms with van der Waals surface area (Å²) in [5.41, 5.74) is 4.40. The summed E-state index contributed by atoms with van der Waals surface area (Å²) in [6.45, 7) is 1.18. The van der Waals surface area contributed by atoms with Gasteiger partial charge in [0.25, 0.3) is 0 Å². The summed E-state index contributed by atoms with van der Waals surface area (Å²) in [4.78, 5) is 16.3. The van der Waals surface area contributed by atoms with E-state index in [1.807, 2.05) is 54.6 Å². The van der Waals surface area contributed by atoms with E-state index >= 15 is 0 Å². The van der Waals surface area contributed by atoms with E-state index in [0.29, 0.717) is 19.6 Å². The van der Waals surface area contributed by atoms with Crippen LogP contribution in [-0.4, -0.2) is 24.1 Å². The Hall–Kier alpha value is -3.34. The highest BCUT2D eigenvalue weighted by molar-refractivity contribution is 5.90. The van der Waals surface area contributed by atoms with Crippen molar-refractivity contribution in [1.82, 2.24) is 4.98 Å². The zero-order valence-corrected chi connectivity index (χ0v) is 16.3. The molecule has 0 saturated heterocycles. The van der Waals surface area contributed by atoms with E-state index in [4.69, 9.17) is 9.47 Å². The van der Waals surface area contributed by atoms with Crippen LogP contribution in [0.15, 0.2) is 67.0 Å². The first kappa shape index (κ1) is 19.0. The van der Waals surface area contributed by atoms with Crippen molar-refractivity contribution in [3.63, 3.8) is 0 Å². The molecule has 5 heteroatoms. The summed E-state index contributed by atoms with van der Waals surface area (Å²) in [5, 5.41) is 2.98. The van der Waals surface area contributed by atoms with Crippen LogP contribution in [0.4, 0.5) is 5.69 Å². The Balaban J connectivity index is 1.23. The van der Waals surface area contributed by atoms with Crippen molar-refractivity contribution in [2.45, 2.75) is 25.7 Å². The molecule has 5 nitrogen and oxygen atoms in total. The number of aromatic nitrogens is 1. The van der Waals surface area contributed by atoms with Gasteiger partial charge in [0.05, 0.1) is 0 Å². The number of fused-ring (bicyclic) bond motifs is 1. The molecular formula is C24H24N2O3. The van der Waals surface area contributed by atoms with Crippen LogP contribution in [0.25, 0.3) is 0 Å². The number of hydrogen-bond donors (Lipinski definition) is 1. The maximum atomic E-state index is 12.2. The lowest BCUT2D eigenvalue weighted by Gasteiger charge is -2.18. The van der Waals surface area contributed by atoms with Gasteiger partial charge >= 0.3 is 0 Å². The molecule has 1 aromatic heterocycles. The Morgan fingerprint density at radius 2 is 1.55 bits per heavy atom. The van der Waals surface area contributed by atoms with Crippen molar-refractivity contribution < 1.29 is 14.3 Å². The van der Waals surface area contributed by atoms with E-state index in [2.05, 4.69) is 10.3 Å². The number of rotatable bonds is 7. The molecule has 0 atom stereocenters. The number of nitrogens with one attached hydrogen (secondary N) is 1. The Bertz CT molecular complexity index is 956. The van der Waals surface area contributed by atoms with Gasteiger partial charge in [0, 0.05) is 24.5 Å². The molecule has 1 amide bonds. The molecule has 0 radical (unpaired) electrons. The van der Waals surface area contributed by atoms with Crippen LogP contribution in [0.5, 0.6) is 11.5 Å². The van der Waals surface area contributed by atoms with Gasteiger partial charge in [-0.3, -0.25) is 9.78 Å². The van der Waals surface area contributed by atoms with Crippen LogP contribution in [-0.2, 0) is 17.6 Å². The van der Waals surface area contributed by atoms with Crippen LogP contribution in [0.1, 0.15) is 29.5 Å². The van der Waals surface area contributed by atoms with E-state index in [0.717, 1.165) is 42.0 Å². The lowest BCUT2D eigenvalue weighted by molar-refractivity contribution is -0.116. The molecule has 0 aliphatic carbocycles. The molecule has 0 unspecified atom stereocenters. The van der Waals surface area contributed by atoms with Crippen molar-refractivity contribution in [1.29, 1.82) is 0 Å². The maximum absolute atomic E-state index is 12.2. The summed E-state index contributed by atoms with van der Waals surface area (Å²) in [6, 6.07) is 18.0. The molecule has 2 heterocycles. The monoisotopic (exact) mass is 388 g/mol. The normalized spacial score (nSPS) is 12.4. The van der Waals surface area contributed by atoms with E-state index in [-0.39, 0.29) is 5.91 Å². The van der Waals surface area contributed by atoms with Crippen LogP contribution in [0.2, 0.25) is 0 Å². The third kappa shape index (κ3) is 5.35. The van der Waals surface area contributed by atoms with Gasteiger partial charge in [0.15, 0.2) is 11.5 Å². The minimum Gasteiger partial charge on any atom is -0.486 e. The average molecular weight is 388 g/mol. The largest absolute Gasteiger partial charge is 0.486 e. The van der Waals surface area contributed by atoms with Crippen LogP contribution in [0.3, 0.4) is 0 Å². The molecule has 1 N–H and O–H groups in total. The first-order valence-electron chi connectivity index (χ1n) is 9.92. The molecule has 2 aromatic carbocycles. The van der Waals surface area contributed by atoms with Crippen molar-refractivity contribution in [3.8, 4) is 11.5 Å². The van der Waals surface area contributed by atoms with E-state index < -0.39 is 0 Å². The Kier molecular flexibility index (Phi) is 6.05. The highest BCUT2D eigenvalue weighted by Gasteiger charge is 2.12. The second-order valence-corrected chi connectivity index (χ2v) is 7.11. The number of aryl methyl sites for hydroxylation is 1. The smallest absolute Gasteiger partial charge is 0.224 e. The molecule has 4 rings (SSSR count). The first-order valence-corrected chi connectivity index (χ1v) is 9.92. The van der Waals surface area contributed by atoms with Gasteiger partial charge in [-0.15, -0.1) is 0 Å². The van der Waals surface area contributed by atoms with Gasteiger partial charge in [-0.25, -0.2) is 0 Å². The standard InChI is InChI=1S/C24H24N2O3/c27-24(3-1-2-18-6-9-22-23(17-18)29-15-14-28-22)26-21-7-4-19(5-8-21)16-20-10-12-25-13-11-20/h4-13,17H,1-3,14-16H2,(H,26,27). The molecule has 0 fully saturated rings. The molecule has 1 aliphatic heterocycles. The minimum absolute atomic E-state index is 0.0319. The minimum atomic E-state index is 0.0319. The predicted octanol–water partition coefficient (Wildman–Crippen LogP) is 4.41. The highest BCUT2D eigenvalue weighted by Crippen LogP contribution is 2.31. The van der Waals surface area contributed by atoms with Crippen LogP contribution >= 0.6 is 0 Å². The van der Waals surface area contributed by atoms with Gasteiger partial charge in [0.2, 0.25) is 5.91 Å². The van der Waals surface area contributed by atoms with Crippen LogP contribution in [0, 0.1) is 0 Å². The number of carbonyl (C=O) groups excluding carboxylic acids is 1. The molecule has 0 bridgehead atoms. The zero-order valence-electron chi connectivity index (χ0n) is 16.3. The van der Waals surface area contributed by atoms with Crippen LogP contribution < -0.4 is 14.8 Å². The molecule has 29 heavy (non-hydrogen) atoms. The van der Waals surface area contributed by atoms with Gasteiger partial charge in [-0.1, -0.05) is 18.2 Å². The number of pyridine rings is 1. The molecule has 1 aliphatic rings. The number of nitrogens with zero attached hydrogens (tertiary/aromatic N) is 1. The second-order valence-electron chi connectivity index (χ2n) is 7.11. The molecule has 3 aromatic rings. The van der Waals surface area contributed by atoms with E-state index in [1.165, 1.54) is 11.1 Å². The summed E-state index contributed by atoms with van der Waals surface area (Å²) < 4.78 is 11.1. The first-order chi connectivity index (χ1) is 14.3. The second kappa shape index (κ2) is 9.24. The maximum Gasteiger partial charge on any atom is 0.224 e. The quantitative estimate of drug-likeness (QED) is 0.651. The summed E-state index contributed by atoms with van der Waals surface area (Å²) in [6.07, 6.45) is 6.55. The number of carbonyl (C=O) groups is 1. The lowest BCUT2D eigenvalue weighted by atomic mass is 10.1. The predicted molar refractivity (Wildman–Crippen MR) is 112 cm³/mol. The Labute approximate surface area is 170 Å². The molecule has 0 saturated carbocycles. The van der Waals surface area contributed by atoms with Crippen molar-refractivity contribution in [3.05, 3.63) is 83.7 Å². The molecular weight excluding hydrogens is 364 g/mol. The fourth-order valence-electron chi connectivity index (χ4n) is 3.36. The van der Waals surface area contributed by atoms with Gasteiger partial charge in [-0.05, 0) is 72.4 Å². The highest BCUT2D eigenvalue weighted by atomic mass is 16.6. The van der Waals surface area contributed by atoms with Crippen molar-refractivity contribution in [2.24, 2.45) is 0 Å². The lowest BCUT2D eigenvalue weighted by Crippen LogP contribution is -2.15. The number of anilines is 1. The fourth-order valence-corrected chi connectivity index (χ4v) is 3.36. The molecule has 148 valence electrons. The SMILES string of the molecule is O=C(CCCc1ccc2c(c1)OCCO2)Nc1ccc(Cc2ccncc2)cc1. The van der Waals surface area contributed by atoms with Crippen molar-refractivity contribution in [2.75, 3.05) is 18.5 Å². The van der Waals surface area contributed by atoms with Gasteiger partial charge < -0.3 is 14.8 Å². The fraction of sp³-hybridized carbons (Fsp3) is 0.250. The topological polar surface area (TPSA) is 60.5 Å². The van der Waals surface area contributed by atoms with Gasteiger partial charge in [0.1, 0.15) is 13.2 Å². The zero-order chi connectivity index (χ0) is 19.9. The average Bonchev–Trinajstić information content (AvgIpc) is 2.76. The summed E-state index contributed by atoms with van der Waals surface area (Å²) >= 11 is 0. The Morgan fingerprint density at radius 1 is 0.862 bits per heavy atom. The number of benzene rings is 2. The van der Waals surface area contributed by atoms with E-state index in [9.17, 15) is 4.79 Å². The number of hydrogen-bond acceptors (Lipinski definition) is 4. The Morgan fingerprint density at radius 3 is 2.34 bits per heavy atom. The van der Waals surface area contributed by atoms with Crippen molar-refractivity contribution >= 4 is 11.6 Å².